The maximum atomic E-state index is 14.3. The molecule has 2 aromatic carbocycles. The zero-order valence-corrected chi connectivity index (χ0v) is 20.6. The number of aliphatic imine (C=N–C) groups is 2. The van der Waals surface area contributed by atoms with Crippen molar-refractivity contribution in [1.82, 2.24) is 5.32 Å². The Labute approximate surface area is 200 Å². The molecule has 34 heavy (non-hydrogen) atoms. The van der Waals surface area contributed by atoms with Crippen LogP contribution in [0.3, 0.4) is 0 Å². The summed E-state index contributed by atoms with van der Waals surface area (Å²) in [5.74, 6) is -1.36. The Morgan fingerprint density at radius 1 is 1.00 bits per heavy atom. The minimum absolute atomic E-state index is 0.105. The number of carbonyl (C=O) groups is 1. The number of aryl methyl sites for hydroxylation is 2. The second-order valence-electron chi connectivity index (χ2n) is 7.96. The third kappa shape index (κ3) is 6.94. The highest BCUT2D eigenvalue weighted by atomic mass is 19.2. The van der Waals surface area contributed by atoms with Gasteiger partial charge in [-0.25, -0.2) is 13.8 Å². The highest BCUT2D eigenvalue weighted by Crippen LogP contribution is 2.22. The van der Waals surface area contributed by atoms with Gasteiger partial charge in [0.05, 0.1) is 5.71 Å². The lowest BCUT2D eigenvalue weighted by Gasteiger charge is -2.12. The Bertz CT molecular complexity index is 1160. The first kappa shape index (κ1) is 26.6. The van der Waals surface area contributed by atoms with Crippen LogP contribution in [0.5, 0.6) is 0 Å². The minimum atomic E-state index is -0.888. The van der Waals surface area contributed by atoms with Gasteiger partial charge in [-0.05, 0) is 75.9 Å². The van der Waals surface area contributed by atoms with Gasteiger partial charge >= 0.3 is 0 Å². The molecule has 0 aromatic heterocycles. The highest BCUT2D eigenvalue weighted by molar-refractivity contribution is 6.45. The number of hydrogen-bond donors (Lipinski definition) is 2. The van der Waals surface area contributed by atoms with Crippen LogP contribution in [0.15, 0.2) is 58.8 Å². The molecule has 0 aliphatic heterocycles. The smallest absolute Gasteiger partial charge is 0.251 e. The second kappa shape index (κ2) is 12.6. The number of nitrogens with zero attached hydrogens (tertiary/aromatic N) is 2. The number of nitrogens with one attached hydrogen (secondary N) is 2. The van der Waals surface area contributed by atoms with Crippen molar-refractivity contribution in [3.63, 3.8) is 0 Å². The Hall–Kier alpha value is -3.61. The van der Waals surface area contributed by atoms with Crippen molar-refractivity contribution in [2.75, 3.05) is 11.9 Å². The van der Waals surface area contributed by atoms with Crippen molar-refractivity contribution in [3.8, 4) is 0 Å². The average molecular weight is 467 g/mol. The monoisotopic (exact) mass is 466 g/mol. The highest BCUT2D eigenvalue weighted by Gasteiger charge is 2.13. The second-order valence-corrected chi connectivity index (χ2v) is 7.96. The lowest BCUT2D eigenvalue weighted by atomic mass is 10.1. The van der Waals surface area contributed by atoms with E-state index in [0.717, 1.165) is 17.7 Å². The van der Waals surface area contributed by atoms with Crippen LogP contribution in [0.2, 0.25) is 0 Å². The first-order chi connectivity index (χ1) is 16.2. The first-order valence-corrected chi connectivity index (χ1v) is 11.2. The van der Waals surface area contributed by atoms with Gasteiger partial charge in [0.2, 0.25) is 0 Å². The molecule has 5 nitrogen and oxygen atoms in total. The van der Waals surface area contributed by atoms with E-state index in [9.17, 15) is 13.6 Å². The van der Waals surface area contributed by atoms with E-state index in [1.807, 2.05) is 26.8 Å². The molecule has 0 spiro atoms. The molecule has 2 rings (SSSR count). The fraction of sp³-hybridized carbons (Fsp3) is 0.296. The number of rotatable bonds is 8. The van der Waals surface area contributed by atoms with Crippen LogP contribution in [0, 0.1) is 25.5 Å². The van der Waals surface area contributed by atoms with Crippen LogP contribution in [0.25, 0.3) is 5.57 Å². The molecule has 0 aliphatic rings. The number of amidine groups is 1. The van der Waals surface area contributed by atoms with E-state index in [-0.39, 0.29) is 17.0 Å². The lowest BCUT2D eigenvalue weighted by molar-refractivity contribution is 0.0953. The van der Waals surface area contributed by atoms with Gasteiger partial charge in [0.1, 0.15) is 0 Å². The topological polar surface area (TPSA) is 65.8 Å². The largest absolute Gasteiger partial charge is 0.352 e. The van der Waals surface area contributed by atoms with Crippen LogP contribution in [0.4, 0.5) is 14.5 Å². The average Bonchev–Trinajstić information content (AvgIpc) is 2.82. The Morgan fingerprint density at radius 2 is 1.71 bits per heavy atom. The lowest BCUT2D eigenvalue weighted by Crippen LogP contribution is -2.25. The van der Waals surface area contributed by atoms with Gasteiger partial charge in [0.15, 0.2) is 17.5 Å². The van der Waals surface area contributed by atoms with Crippen molar-refractivity contribution in [2.45, 2.75) is 48.0 Å². The van der Waals surface area contributed by atoms with Gasteiger partial charge in [0.25, 0.3) is 5.91 Å². The standard InChI is InChI=1S/C27H32F2N4O/c1-7-13-30-26(33-21-10-12-23(18(4)15-21)27(34)31-14-8-2)20(6)32-16-19(5)22-11-9-17(3)24(28)25(22)29/h7,9-13,15-16H,8,14H2,1-6H3,(H,30,33)(H,31,34)/b13-7-,19-16+,32-20?. The molecule has 0 unspecified atom stereocenters. The summed E-state index contributed by atoms with van der Waals surface area (Å²) in [6, 6.07) is 8.51. The molecule has 0 atom stereocenters. The Kier molecular flexibility index (Phi) is 9.86. The Morgan fingerprint density at radius 3 is 2.35 bits per heavy atom. The number of benzene rings is 2. The van der Waals surface area contributed by atoms with E-state index in [2.05, 4.69) is 20.6 Å². The van der Waals surface area contributed by atoms with Crippen LogP contribution in [-0.4, -0.2) is 24.0 Å². The third-order valence-corrected chi connectivity index (χ3v) is 5.12. The number of amides is 1. The van der Waals surface area contributed by atoms with Crippen LogP contribution >= 0.6 is 0 Å². The normalized spacial score (nSPS) is 12.9. The molecule has 0 bridgehead atoms. The summed E-state index contributed by atoms with van der Waals surface area (Å²) in [6.45, 7) is 11.3. The number of anilines is 1. The molecule has 0 heterocycles. The van der Waals surface area contributed by atoms with E-state index in [1.165, 1.54) is 19.2 Å². The third-order valence-electron chi connectivity index (χ3n) is 5.12. The van der Waals surface area contributed by atoms with Crippen LogP contribution < -0.4 is 10.6 Å². The van der Waals surface area contributed by atoms with Gasteiger partial charge in [0, 0.05) is 35.8 Å². The maximum Gasteiger partial charge on any atom is 0.251 e. The molecule has 0 aliphatic carbocycles. The molecule has 2 aromatic rings. The van der Waals surface area contributed by atoms with Gasteiger partial charge in [-0.15, -0.1) is 0 Å². The molecule has 0 saturated carbocycles. The van der Waals surface area contributed by atoms with Crippen molar-refractivity contribution in [3.05, 3.63) is 82.7 Å². The zero-order valence-electron chi connectivity index (χ0n) is 20.6. The Balaban J connectivity index is 2.30. The summed E-state index contributed by atoms with van der Waals surface area (Å²) in [4.78, 5) is 21.1. The predicted molar refractivity (Wildman–Crippen MR) is 138 cm³/mol. The van der Waals surface area contributed by atoms with Crippen LogP contribution in [-0.2, 0) is 0 Å². The van der Waals surface area contributed by atoms with Crippen molar-refractivity contribution >= 4 is 28.7 Å². The fourth-order valence-electron chi connectivity index (χ4n) is 3.11. The van der Waals surface area contributed by atoms with E-state index in [4.69, 9.17) is 0 Å². The van der Waals surface area contributed by atoms with Gasteiger partial charge in [-0.1, -0.05) is 25.1 Å². The molecule has 0 saturated heterocycles. The molecule has 1 amide bonds. The van der Waals surface area contributed by atoms with Crippen LogP contribution in [0.1, 0.15) is 61.2 Å². The maximum absolute atomic E-state index is 14.3. The summed E-state index contributed by atoms with van der Waals surface area (Å²) in [6.07, 6.45) is 5.77. The quantitative estimate of drug-likeness (QED) is 0.341. The predicted octanol–water partition coefficient (Wildman–Crippen LogP) is 6.59. The number of carbonyl (C=O) groups excluding carboxylic acids is 1. The summed E-state index contributed by atoms with van der Waals surface area (Å²) in [7, 11) is 0. The van der Waals surface area contributed by atoms with Gasteiger partial charge in [-0.2, -0.15) is 0 Å². The van der Waals surface area contributed by atoms with Crippen molar-refractivity contribution in [1.29, 1.82) is 0 Å². The molecule has 2 N–H and O–H groups in total. The van der Waals surface area contributed by atoms with E-state index in [1.54, 1.807) is 44.3 Å². The molecular formula is C27H32F2N4O. The zero-order chi connectivity index (χ0) is 25.3. The SMILES string of the molecule is C/C=C\N=C(Nc1ccc(C(=O)NCCC)c(C)c1)C(C)=N/C=C(\C)c1ccc(C)c(F)c1F. The van der Waals surface area contributed by atoms with E-state index < -0.39 is 11.6 Å². The van der Waals surface area contributed by atoms with Crippen molar-refractivity contribution in [2.24, 2.45) is 9.98 Å². The van der Waals surface area contributed by atoms with Gasteiger partial charge < -0.3 is 10.6 Å². The summed E-state index contributed by atoms with van der Waals surface area (Å²) in [5, 5.41) is 6.11. The number of allylic oxidation sites excluding steroid dienone is 2. The van der Waals surface area contributed by atoms with Crippen molar-refractivity contribution < 1.29 is 13.6 Å². The summed E-state index contributed by atoms with van der Waals surface area (Å²) in [5.41, 5.74) is 3.63. The van der Waals surface area contributed by atoms with Gasteiger partial charge in [-0.3, -0.25) is 9.79 Å². The number of halogens is 2. The molecular weight excluding hydrogens is 434 g/mol. The molecule has 180 valence electrons. The molecule has 0 radical (unpaired) electrons. The summed E-state index contributed by atoms with van der Waals surface area (Å²) < 4.78 is 28.2. The minimum Gasteiger partial charge on any atom is -0.352 e. The fourth-order valence-corrected chi connectivity index (χ4v) is 3.11. The van der Waals surface area contributed by atoms with E-state index >= 15 is 0 Å². The first-order valence-electron chi connectivity index (χ1n) is 11.2. The summed E-state index contributed by atoms with van der Waals surface area (Å²) >= 11 is 0. The van der Waals surface area contributed by atoms with E-state index in [0.29, 0.717) is 29.2 Å². The molecule has 0 fully saturated rings. The number of hydrogen-bond acceptors (Lipinski definition) is 3. The molecule has 7 heteroatoms.